The van der Waals surface area contributed by atoms with Crippen molar-refractivity contribution in [2.75, 3.05) is 18.5 Å². The number of benzene rings is 1. The first-order chi connectivity index (χ1) is 7.04. The van der Waals surface area contributed by atoms with Gasteiger partial charge in [-0.25, -0.2) is 13.2 Å². The van der Waals surface area contributed by atoms with E-state index in [9.17, 15) is 13.2 Å². The van der Waals surface area contributed by atoms with Crippen LogP contribution in [0.4, 0.5) is 18.9 Å². The lowest BCUT2D eigenvalue weighted by Gasteiger charge is -2.11. The second-order valence-electron chi connectivity index (χ2n) is 2.97. The molecule has 3 nitrogen and oxygen atoms in total. The van der Waals surface area contributed by atoms with Crippen molar-refractivity contribution in [2.45, 2.75) is 6.10 Å². The average molecular weight is 221 g/mol. The van der Waals surface area contributed by atoms with Gasteiger partial charge >= 0.3 is 0 Å². The fourth-order valence-electron chi connectivity index (χ4n) is 0.977. The van der Waals surface area contributed by atoms with Crippen LogP contribution in [-0.2, 0) is 0 Å². The van der Waals surface area contributed by atoms with Crippen LogP contribution in [0.3, 0.4) is 0 Å². The highest BCUT2D eigenvalue weighted by Crippen LogP contribution is 2.18. The zero-order valence-electron chi connectivity index (χ0n) is 7.67. The molecule has 0 aliphatic rings. The second kappa shape index (κ2) is 4.99. The van der Waals surface area contributed by atoms with Crippen LogP contribution in [0.25, 0.3) is 0 Å². The Balaban J connectivity index is 2.76. The molecule has 0 aromatic heterocycles. The van der Waals surface area contributed by atoms with Crippen molar-refractivity contribution in [3.8, 4) is 0 Å². The van der Waals surface area contributed by atoms with E-state index in [1.807, 2.05) is 0 Å². The fourth-order valence-corrected chi connectivity index (χ4v) is 0.977. The van der Waals surface area contributed by atoms with E-state index < -0.39 is 30.2 Å². The zero-order chi connectivity index (χ0) is 11.4. The summed E-state index contributed by atoms with van der Waals surface area (Å²) in [6.07, 6.45) is -1.12. The van der Waals surface area contributed by atoms with Crippen LogP contribution in [0.2, 0.25) is 0 Å². The van der Waals surface area contributed by atoms with Crippen LogP contribution < -0.4 is 5.32 Å². The molecule has 0 amide bonds. The molecule has 0 saturated carbocycles. The summed E-state index contributed by atoms with van der Waals surface area (Å²) in [4.78, 5) is 0. The van der Waals surface area contributed by atoms with Crippen molar-refractivity contribution >= 4 is 5.69 Å². The summed E-state index contributed by atoms with van der Waals surface area (Å²) in [5.74, 6) is -3.45. The standard InChI is InChI=1S/C9H10F3NO2/c10-5-1-7(11)9(12)8(2-5)13-3-6(15)4-14/h1-2,6,13-15H,3-4H2. The van der Waals surface area contributed by atoms with Gasteiger partial charge in [-0.05, 0) is 0 Å². The number of rotatable bonds is 4. The molecule has 15 heavy (non-hydrogen) atoms. The Morgan fingerprint density at radius 2 is 1.93 bits per heavy atom. The van der Waals surface area contributed by atoms with Gasteiger partial charge in [0.25, 0.3) is 0 Å². The van der Waals surface area contributed by atoms with Gasteiger partial charge < -0.3 is 15.5 Å². The molecule has 0 spiro atoms. The van der Waals surface area contributed by atoms with Gasteiger partial charge in [-0.15, -0.1) is 0 Å². The van der Waals surface area contributed by atoms with Crippen molar-refractivity contribution in [1.29, 1.82) is 0 Å². The minimum atomic E-state index is -1.31. The molecule has 1 rings (SSSR count). The lowest BCUT2D eigenvalue weighted by molar-refractivity contribution is 0.105. The van der Waals surface area contributed by atoms with Crippen LogP contribution >= 0.6 is 0 Å². The number of halogens is 3. The summed E-state index contributed by atoms with van der Waals surface area (Å²) in [7, 11) is 0. The Kier molecular flexibility index (Phi) is 3.93. The minimum Gasteiger partial charge on any atom is -0.394 e. The largest absolute Gasteiger partial charge is 0.394 e. The van der Waals surface area contributed by atoms with Gasteiger partial charge in [0.15, 0.2) is 11.6 Å². The van der Waals surface area contributed by atoms with Gasteiger partial charge in [-0.2, -0.15) is 0 Å². The fraction of sp³-hybridized carbons (Fsp3) is 0.333. The summed E-state index contributed by atoms with van der Waals surface area (Å²) in [6, 6.07) is 1.19. The van der Waals surface area contributed by atoms with Gasteiger partial charge in [-0.1, -0.05) is 0 Å². The summed E-state index contributed by atoms with van der Waals surface area (Å²) >= 11 is 0. The van der Waals surface area contributed by atoms with Crippen molar-refractivity contribution < 1.29 is 23.4 Å². The van der Waals surface area contributed by atoms with Crippen molar-refractivity contribution in [1.82, 2.24) is 0 Å². The average Bonchev–Trinajstić information content (AvgIpc) is 2.20. The topological polar surface area (TPSA) is 52.5 Å². The van der Waals surface area contributed by atoms with Gasteiger partial charge in [0.05, 0.1) is 18.4 Å². The first-order valence-corrected chi connectivity index (χ1v) is 4.22. The van der Waals surface area contributed by atoms with Gasteiger partial charge in [0, 0.05) is 18.7 Å². The molecular weight excluding hydrogens is 211 g/mol. The number of aliphatic hydroxyl groups excluding tert-OH is 2. The third-order valence-electron chi connectivity index (χ3n) is 1.73. The summed E-state index contributed by atoms with van der Waals surface area (Å²) in [6.45, 7) is -0.720. The Morgan fingerprint density at radius 1 is 1.27 bits per heavy atom. The molecule has 1 aromatic rings. The maximum atomic E-state index is 13.0. The van der Waals surface area contributed by atoms with Crippen LogP contribution in [0.5, 0.6) is 0 Å². The third kappa shape index (κ3) is 3.10. The molecule has 84 valence electrons. The van der Waals surface area contributed by atoms with E-state index in [0.717, 1.165) is 6.07 Å². The lowest BCUT2D eigenvalue weighted by Crippen LogP contribution is -2.23. The molecule has 1 aromatic carbocycles. The van der Waals surface area contributed by atoms with E-state index >= 15 is 0 Å². The number of anilines is 1. The van der Waals surface area contributed by atoms with Crippen LogP contribution in [0, 0.1) is 17.5 Å². The van der Waals surface area contributed by atoms with Gasteiger partial charge in [0.1, 0.15) is 5.82 Å². The molecule has 0 bridgehead atoms. The molecule has 1 atom stereocenters. The van der Waals surface area contributed by atoms with E-state index in [-0.39, 0.29) is 12.2 Å². The normalized spacial score (nSPS) is 12.6. The predicted octanol–water partition coefficient (Wildman–Crippen LogP) is 0.869. The van der Waals surface area contributed by atoms with Gasteiger partial charge in [-0.3, -0.25) is 0 Å². The van der Waals surface area contributed by atoms with E-state index in [0.29, 0.717) is 6.07 Å². The number of hydrogen-bond acceptors (Lipinski definition) is 3. The first-order valence-electron chi connectivity index (χ1n) is 4.22. The number of aliphatic hydroxyl groups is 2. The maximum Gasteiger partial charge on any atom is 0.182 e. The lowest BCUT2D eigenvalue weighted by atomic mass is 10.2. The molecule has 0 heterocycles. The monoisotopic (exact) mass is 221 g/mol. The van der Waals surface area contributed by atoms with Crippen LogP contribution in [-0.4, -0.2) is 29.5 Å². The minimum absolute atomic E-state index is 0.198. The van der Waals surface area contributed by atoms with E-state index in [1.54, 1.807) is 0 Å². The molecule has 0 aliphatic carbocycles. The van der Waals surface area contributed by atoms with Crippen LogP contribution in [0.1, 0.15) is 0 Å². The molecule has 3 N–H and O–H groups in total. The highest BCUT2D eigenvalue weighted by atomic mass is 19.2. The van der Waals surface area contributed by atoms with Crippen molar-refractivity contribution in [3.05, 3.63) is 29.6 Å². The summed E-state index contributed by atoms with van der Waals surface area (Å²) in [5, 5.41) is 19.7. The van der Waals surface area contributed by atoms with Crippen molar-refractivity contribution in [2.24, 2.45) is 0 Å². The molecule has 0 aliphatic heterocycles. The highest BCUT2D eigenvalue weighted by molar-refractivity contribution is 5.45. The third-order valence-corrected chi connectivity index (χ3v) is 1.73. The molecule has 6 heteroatoms. The number of nitrogens with one attached hydrogen (secondary N) is 1. The molecule has 1 unspecified atom stereocenters. The Labute approximate surface area is 84.2 Å². The summed E-state index contributed by atoms with van der Waals surface area (Å²) in [5.41, 5.74) is -0.389. The predicted molar refractivity (Wildman–Crippen MR) is 47.9 cm³/mol. The van der Waals surface area contributed by atoms with Crippen molar-refractivity contribution in [3.63, 3.8) is 0 Å². The maximum absolute atomic E-state index is 13.0. The quantitative estimate of drug-likeness (QED) is 0.661. The molecule has 0 saturated heterocycles. The SMILES string of the molecule is OCC(O)CNc1cc(F)cc(F)c1F. The smallest absolute Gasteiger partial charge is 0.182 e. The first kappa shape index (κ1) is 11.8. The number of hydrogen-bond donors (Lipinski definition) is 3. The van der Waals surface area contributed by atoms with E-state index in [4.69, 9.17) is 10.2 Å². The van der Waals surface area contributed by atoms with E-state index in [2.05, 4.69) is 5.32 Å². The second-order valence-corrected chi connectivity index (χ2v) is 2.97. The Hall–Kier alpha value is -1.27. The Bertz CT molecular complexity index is 346. The van der Waals surface area contributed by atoms with Crippen LogP contribution in [0.15, 0.2) is 12.1 Å². The molecule has 0 fully saturated rings. The summed E-state index contributed by atoms with van der Waals surface area (Å²) < 4.78 is 38.3. The molecular formula is C9H10F3NO2. The highest BCUT2D eigenvalue weighted by Gasteiger charge is 2.11. The van der Waals surface area contributed by atoms with E-state index in [1.165, 1.54) is 0 Å². The Morgan fingerprint density at radius 3 is 2.53 bits per heavy atom. The zero-order valence-corrected chi connectivity index (χ0v) is 7.67. The van der Waals surface area contributed by atoms with Gasteiger partial charge in [0.2, 0.25) is 0 Å². The molecule has 0 radical (unpaired) electrons.